The van der Waals surface area contributed by atoms with Crippen LogP contribution in [0.1, 0.15) is 36.2 Å². The number of aliphatic imine (C=N–C) groups is 1. The van der Waals surface area contributed by atoms with Gasteiger partial charge in [0.15, 0.2) is 5.43 Å². The Morgan fingerprint density at radius 1 is 1.06 bits per heavy atom. The van der Waals surface area contributed by atoms with Crippen molar-refractivity contribution in [2.75, 3.05) is 6.54 Å². The molecule has 186 valence electrons. The predicted octanol–water partition coefficient (Wildman–Crippen LogP) is 6.67. The molecule has 3 aromatic rings. The first-order chi connectivity index (χ1) is 16.7. The number of nitrogens with zero attached hydrogens (tertiary/aromatic N) is 1. The van der Waals surface area contributed by atoms with E-state index in [-0.39, 0.29) is 5.43 Å². The van der Waals surface area contributed by atoms with Gasteiger partial charge in [0.2, 0.25) is 0 Å². The highest BCUT2D eigenvalue weighted by Gasteiger charge is 2.29. The third kappa shape index (κ3) is 8.73. The highest BCUT2D eigenvalue weighted by Crippen LogP contribution is 2.30. The number of para-hydroxylation sites is 1. The van der Waals surface area contributed by atoms with Crippen molar-refractivity contribution in [3.63, 3.8) is 0 Å². The normalized spacial score (nSPS) is 11.8. The van der Waals surface area contributed by atoms with E-state index in [1.54, 1.807) is 6.20 Å². The lowest BCUT2D eigenvalue weighted by molar-refractivity contribution is -0.137. The van der Waals surface area contributed by atoms with E-state index in [9.17, 15) is 18.0 Å². The third-order valence-electron chi connectivity index (χ3n) is 4.82. The number of fused-ring (bicyclic) bond motifs is 1. The van der Waals surface area contributed by atoms with Crippen LogP contribution in [0, 0.1) is 19.3 Å². The first kappa shape index (κ1) is 29.1. The molecule has 1 aliphatic rings. The molecule has 0 radical (unpaired) electrons. The number of aryl methyl sites for hydroxylation is 1. The molecule has 3 N–H and O–H groups in total. The molecule has 0 unspecified atom stereocenters. The number of H-pyrrole nitrogens is 1. The van der Waals surface area contributed by atoms with Crippen molar-refractivity contribution in [3.8, 4) is 0 Å². The van der Waals surface area contributed by atoms with E-state index in [2.05, 4.69) is 22.0 Å². The molecule has 35 heavy (non-hydrogen) atoms. The Morgan fingerprint density at radius 2 is 1.66 bits per heavy atom. The van der Waals surface area contributed by atoms with Gasteiger partial charge in [-0.2, -0.15) is 13.2 Å². The maximum Gasteiger partial charge on any atom is 0.416 e. The van der Waals surface area contributed by atoms with E-state index in [1.807, 2.05) is 64.1 Å². The lowest BCUT2D eigenvalue weighted by Gasteiger charge is -2.10. The predicted molar refractivity (Wildman–Crippen MR) is 140 cm³/mol. The summed E-state index contributed by atoms with van der Waals surface area (Å²) >= 11 is 0. The molecule has 0 saturated carbocycles. The Bertz CT molecular complexity index is 1220. The maximum absolute atomic E-state index is 12.3. The van der Waals surface area contributed by atoms with Gasteiger partial charge in [0.25, 0.3) is 0 Å². The van der Waals surface area contributed by atoms with Crippen LogP contribution in [-0.4, -0.2) is 24.6 Å². The molecule has 2 aromatic carbocycles. The fourth-order valence-corrected chi connectivity index (χ4v) is 2.96. The van der Waals surface area contributed by atoms with E-state index < -0.39 is 11.7 Å². The summed E-state index contributed by atoms with van der Waals surface area (Å²) in [5.41, 5.74) is 3.84. The van der Waals surface area contributed by atoms with E-state index in [1.165, 1.54) is 12.1 Å². The van der Waals surface area contributed by atoms with Crippen LogP contribution < -0.4 is 10.7 Å². The number of benzene rings is 2. The zero-order valence-electron chi connectivity index (χ0n) is 20.3. The summed E-state index contributed by atoms with van der Waals surface area (Å²) in [5.74, 6) is 0. The largest absolute Gasteiger partial charge is 0.416 e. The van der Waals surface area contributed by atoms with Crippen LogP contribution in [-0.2, 0) is 6.18 Å². The van der Waals surface area contributed by atoms with Gasteiger partial charge in [-0.15, -0.1) is 0 Å². The molecule has 0 atom stereocenters. The van der Waals surface area contributed by atoms with Crippen molar-refractivity contribution in [2.24, 2.45) is 4.99 Å². The SMILES string of the molecule is C=NC=N.CC.Cc1[nH]c2ccccc2c(=O)c1C.FC(F)(F)c1ccc(C2=CNCC=C2)cc1. The molecule has 5 nitrogen and oxygen atoms in total. The number of allylic oxidation sites excluding steroid dienone is 2. The van der Waals surface area contributed by atoms with Crippen molar-refractivity contribution < 1.29 is 13.2 Å². The van der Waals surface area contributed by atoms with E-state index >= 15 is 0 Å². The average Bonchev–Trinajstić information content (AvgIpc) is 2.89. The summed E-state index contributed by atoms with van der Waals surface area (Å²) in [6.45, 7) is 11.5. The Labute approximate surface area is 203 Å². The summed E-state index contributed by atoms with van der Waals surface area (Å²) in [6, 6.07) is 12.7. The minimum Gasteiger partial charge on any atom is -0.387 e. The first-order valence-corrected chi connectivity index (χ1v) is 11.0. The fourth-order valence-electron chi connectivity index (χ4n) is 2.96. The number of alkyl halides is 3. The van der Waals surface area contributed by atoms with Gasteiger partial charge >= 0.3 is 6.18 Å². The second-order valence-corrected chi connectivity index (χ2v) is 7.05. The zero-order valence-corrected chi connectivity index (χ0v) is 20.3. The summed E-state index contributed by atoms with van der Waals surface area (Å²) < 4.78 is 37.0. The standard InChI is InChI=1S/C12H10F3N.C11H11NO.C2H4N2.C2H6/c13-12(14,15)11-5-3-9(4-6-11)10-2-1-7-16-8-10;1-7-8(2)12-10-6-4-3-5-9(10)11(7)13;1-4-2-3;1-2/h1-6,8,16H,7H2;3-6H,1-2H3,(H,12,13);2-3H,1H2;1-2H3. The Morgan fingerprint density at radius 3 is 2.17 bits per heavy atom. The van der Waals surface area contributed by atoms with E-state index in [4.69, 9.17) is 5.41 Å². The summed E-state index contributed by atoms with van der Waals surface area (Å²) in [5, 5.41) is 9.87. The lowest BCUT2D eigenvalue weighted by Crippen LogP contribution is -2.09. The topological polar surface area (TPSA) is 81.1 Å². The van der Waals surface area contributed by atoms with E-state index in [0.29, 0.717) is 0 Å². The van der Waals surface area contributed by atoms with Crippen molar-refractivity contribution in [3.05, 3.63) is 99.5 Å². The third-order valence-corrected chi connectivity index (χ3v) is 4.82. The Balaban J connectivity index is 0.000000290. The molecule has 0 fully saturated rings. The molecule has 1 aromatic heterocycles. The Kier molecular flexibility index (Phi) is 11.9. The number of nitrogens with one attached hydrogen (secondary N) is 3. The van der Waals surface area contributed by atoms with Crippen molar-refractivity contribution in [1.29, 1.82) is 5.41 Å². The van der Waals surface area contributed by atoms with Gasteiger partial charge in [-0.25, -0.2) is 0 Å². The maximum atomic E-state index is 12.3. The molecular weight excluding hydrogens is 453 g/mol. The number of hydrogen-bond donors (Lipinski definition) is 3. The zero-order chi connectivity index (χ0) is 26.4. The van der Waals surface area contributed by atoms with Crippen LogP contribution in [0.2, 0.25) is 0 Å². The minimum absolute atomic E-state index is 0.131. The van der Waals surface area contributed by atoms with Crippen LogP contribution in [0.4, 0.5) is 13.2 Å². The fraction of sp³-hybridized carbons (Fsp3) is 0.222. The summed E-state index contributed by atoms with van der Waals surface area (Å²) in [7, 11) is 0. The molecule has 0 bridgehead atoms. The number of halogens is 3. The summed E-state index contributed by atoms with van der Waals surface area (Å²) in [4.78, 5) is 18.0. The molecular formula is C27H31F3N4O. The van der Waals surface area contributed by atoms with Gasteiger partial charge in [0.05, 0.1) is 5.56 Å². The molecule has 0 aliphatic carbocycles. The highest BCUT2D eigenvalue weighted by molar-refractivity contribution is 5.79. The number of hydrogen-bond acceptors (Lipinski definition) is 3. The molecule has 0 saturated heterocycles. The van der Waals surface area contributed by atoms with Crippen LogP contribution in [0.5, 0.6) is 0 Å². The number of aromatic amines is 1. The molecule has 0 spiro atoms. The van der Waals surface area contributed by atoms with Gasteiger partial charge < -0.3 is 10.3 Å². The van der Waals surface area contributed by atoms with Gasteiger partial charge in [-0.05, 0) is 56.0 Å². The monoisotopic (exact) mass is 484 g/mol. The van der Waals surface area contributed by atoms with Crippen molar-refractivity contribution in [2.45, 2.75) is 33.9 Å². The van der Waals surface area contributed by atoms with Gasteiger partial charge in [0.1, 0.15) is 6.34 Å². The number of dihydropyridines is 1. The quantitative estimate of drug-likeness (QED) is 0.280. The number of rotatable bonds is 2. The average molecular weight is 485 g/mol. The smallest absolute Gasteiger partial charge is 0.387 e. The van der Waals surface area contributed by atoms with Crippen LogP contribution >= 0.6 is 0 Å². The van der Waals surface area contributed by atoms with Gasteiger partial charge in [-0.3, -0.25) is 15.2 Å². The van der Waals surface area contributed by atoms with E-state index in [0.717, 1.165) is 58.3 Å². The van der Waals surface area contributed by atoms with Crippen LogP contribution in [0.3, 0.4) is 0 Å². The Hall–Kier alpha value is -3.94. The summed E-state index contributed by atoms with van der Waals surface area (Å²) in [6.07, 6.45) is 2.22. The van der Waals surface area contributed by atoms with Gasteiger partial charge in [0, 0.05) is 34.9 Å². The minimum atomic E-state index is -4.27. The second-order valence-electron chi connectivity index (χ2n) is 7.05. The number of aromatic nitrogens is 1. The second kappa shape index (κ2) is 14.3. The lowest BCUT2D eigenvalue weighted by atomic mass is 10.0. The van der Waals surface area contributed by atoms with Crippen molar-refractivity contribution in [1.82, 2.24) is 10.3 Å². The molecule has 0 amide bonds. The molecule has 1 aliphatic heterocycles. The highest BCUT2D eigenvalue weighted by atomic mass is 19.4. The molecule has 4 rings (SSSR count). The molecule has 8 heteroatoms. The van der Waals surface area contributed by atoms with Crippen molar-refractivity contribution >= 4 is 29.5 Å². The molecule has 2 heterocycles. The first-order valence-electron chi connectivity index (χ1n) is 11.0. The van der Waals surface area contributed by atoms with Crippen LogP contribution in [0.25, 0.3) is 16.5 Å². The van der Waals surface area contributed by atoms with Crippen LogP contribution in [0.15, 0.2) is 76.7 Å². The van der Waals surface area contributed by atoms with Gasteiger partial charge in [-0.1, -0.05) is 50.3 Å². The number of pyridine rings is 1.